The Balaban J connectivity index is 3.75. The highest BCUT2D eigenvalue weighted by molar-refractivity contribution is 5.81. The molecule has 0 aliphatic heterocycles. The van der Waals surface area contributed by atoms with Crippen molar-refractivity contribution in [1.29, 1.82) is 0 Å². The number of ether oxygens (including phenoxy) is 1. The Morgan fingerprint density at radius 2 is 2.07 bits per heavy atom. The lowest BCUT2D eigenvalue weighted by atomic mass is 10.0. The summed E-state index contributed by atoms with van der Waals surface area (Å²) in [5.74, 6) is 0.104. The van der Waals surface area contributed by atoms with Crippen LogP contribution < -0.4 is 0 Å². The van der Waals surface area contributed by atoms with E-state index in [4.69, 9.17) is 4.74 Å². The Kier molecular flexibility index (Phi) is 6.72. The van der Waals surface area contributed by atoms with E-state index in [1.807, 2.05) is 6.92 Å². The zero-order valence-electron chi connectivity index (χ0n) is 9.08. The van der Waals surface area contributed by atoms with Crippen LogP contribution in [0.3, 0.4) is 0 Å². The van der Waals surface area contributed by atoms with E-state index >= 15 is 0 Å². The van der Waals surface area contributed by atoms with Gasteiger partial charge in [-0.3, -0.25) is 0 Å². The first-order chi connectivity index (χ1) is 6.56. The minimum Gasteiger partial charge on any atom is -0.463 e. The van der Waals surface area contributed by atoms with Gasteiger partial charge < -0.3 is 9.53 Å². The van der Waals surface area contributed by atoms with Gasteiger partial charge in [0.05, 0.1) is 6.61 Å². The molecule has 0 radical (unpaired) electrons. The average Bonchev–Trinajstić information content (AvgIpc) is 2.12. The highest BCUT2D eigenvalue weighted by atomic mass is 16.5. The Morgan fingerprint density at radius 1 is 1.43 bits per heavy atom. The molecule has 0 N–H and O–H groups in total. The second-order valence-corrected chi connectivity index (χ2v) is 3.33. The number of esters is 1. The maximum atomic E-state index is 10.9. The first-order valence-electron chi connectivity index (χ1n) is 4.90. The summed E-state index contributed by atoms with van der Waals surface area (Å²) in [6.07, 6.45) is 4.55. The lowest BCUT2D eigenvalue weighted by molar-refractivity contribution is -0.137. The highest BCUT2D eigenvalue weighted by Crippen LogP contribution is 2.07. The summed E-state index contributed by atoms with van der Waals surface area (Å²) >= 11 is 0. The van der Waals surface area contributed by atoms with Crippen molar-refractivity contribution >= 4 is 11.8 Å². The molecule has 0 amide bonds. The number of carbonyl (C=O) groups is 2. The third-order valence-electron chi connectivity index (χ3n) is 1.80. The second kappa shape index (κ2) is 7.30. The molecule has 1 atom stereocenters. The molecule has 3 heteroatoms. The highest BCUT2D eigenvalue weighted by Gasteiger charge is 2.01. The van der Waals surface area contributed by atoms with Crippen LogP contribution >= 0.6 is 0 Å². The fourth-order valence-corrected chi connectivity index (χ4v) is 0.960. The van der Waals surface area contributed by atoms with Crippen LogP contribution in [-0.2, 0) is 14.3 Å². The fraction of sp³-hybridized carbons (Fsp3) is 0.636. The molecule has 0 spiro atoms. The van der Waals surface area contributed by atoms with Crippen LogP contribution in [0.2, 0.25) is 0 Å². The van der Waals surface area contributed by atoms with Crippen molar-refractivity contribution in [3.63, 3.8) is 0 Å². The summed E-state index contributed by atoms with van der Waals surface area (Å²) in [6.45, 7) is 5.70. The van der Waals surface area contributed by atoms with Crippen LogP contribution in [-0.4, -0.2) is 18.4 Å². The molecule has 0 rings (SSSR count). The SMILES string of the molecule is CCOC(=O)/C=C/[C@H](C)CCC(C)=O. The lowest BCUT2D eigenvalue weighted by Gasteiger charge is -2.03. The molecule has 0 aliphatic rings. The molecule has 0 bridgehead atoms. The molecule has 0 aromatic heterocycles. The third-order valence-corrected chi connectivity index (χ3v) is 1.80. The Bertz CT molecular complexity index is 219. The molecule has 3 nitrogen and oxygen atoms in total. The number of hydrogen-bond acceptors (Lipinski definition) is 3. The maximum Gasteiger partial charge on any atom is 0.330 e. The van der Waals surface area contributed by atoms with E-state index in [0.29, 0.717) is 13.0 Å². The smallest absolute Gasteiger partial charge is 0.330 e. The van der Waals surface area contributed by atoms with Gasteiger partial charge >= 0.3 is 5.97 Å². The van der Waals surface area contributed by atoms with Gasteiger partial charge in [0.1, 0.15) is 5.78 Å². The van der Waals surface area contributed by atoms with Gasteiger partial charge in [-0.2, -0.15) is 0 Å². The molecule has 80 valence electrons. The minimum absolute atomic E-state index is 0.182. The molecule has 0 aromatic carbocycles. The Morgan fingerprint density at radius 3 is 2.57 bits per heavy atom. The molecule has 0 aromatic rings. The molecule has 0 aliphatic carbocycles. The summed E-state index contributed by atoms with van der Waals surface area (Å²) in [6, 6.07) is 0. The zero-order valence-corrected chi connectivity index (χ0v) is 9.08. The van der Waals surface area contributed by atoms with Crippen LogP contribution in [0.4, 0.5) is 0 Å². The number of allylic oxidation sites excluding steroid dienone is 1. The van der Waals surface area contributed by atoms with Gasteiger partial charge in [0.25, 0.3) is 0 Å². The molecule has 0 fully saturated rings. The van der Waals surface area contributed by atoms with Gasteiger partial charge in [0, 0.05) is 12.5 Å². The first kappa shape index (κ1) is 12.9. The Labute approximate surface area is 85.1 Å². The van der Waals surface area contributed by atoms with Gasteiger partial charge in [-0.15, -0.1) is 0 Å². The number of ketones is 1. The molecular weight excluding hydrogens is 180 g/mol. The summed E-state index contributed by atoms with van der Waals surface area (Å²) in [7, 11) is 0. The molecule has 0 heterocycles. The number of rotatable bonds is 6. The lowest BCUT2D eigenvalue weighted by Crippen LogP contribution is -2.01. The summed E-state index contributed by atoms with van der Waals surface area (Å²) in [5.41, 5.74) is 0. The van der Waals surface area contributed by atoms with Crippen molar-refractivity contribution in [2.45, 2.75) is 33.6 Å². The van der Waals surface area contributed by atoms with E-state index in [1.54, 1.807) is 19.9 Å². The third kappa shape index (κ3) is 7.53. The number of carbonyl (C=O) groups excluding carboxylic acids is 2. The molecule has 0 saturated carbocycles. The zero-order chi connectivity index (χ0) is 11.0. The van der Waals surface area contributed by atoms with E-state index in [0.717, 1.165) is 6.42 Å². The average molecular weight is 198 g/mol. The normalized spacial score (nSPS) is 12.8. The van der Waals surface area contributed by atoms with E-state index in [-0.39, 0.29) is 17.7 Å². The van der Waals surface area contributed by atoms with Crippen molar-refractivity contribution in [3.05, 3.63) is 12.2 Å². The van der Waals surface area contributed by atoms with E-state index in [9.17, 15) is 9.59 Å². The summed E-state index contributed by atoms with van der Waals surface area (Å²) in [4.78, 5) is 21.6. The fourth-order valence-electron chi connectivity index (χ4n) is 0.960. The van der Waals surface area contributed by atoms with Gasteiger partial charge in [0.15, 0.2) is 0 Å². The van der Waals surface area contributed by atoms with E-state index in [2.05, 4.69) is 0 Å². The standard InChI is InChI=1S/C11H18O3/c1-4-14-11(13)8-6-9(2)5-7-10(3)12/h6,8-9H,4-5,7H2,1-3H3/b8-6+/t9-/m1/s1. The van der Waals surface area contributed by atoms with Gasteiger partial charge in [0.2, 0.25) is 0 Å². The largest absolute Gasteiger partial charge is 0.463 e. The topological polar surface area (TPSA) is 43.4 Å². The van der Waals surface area contributed by atoms with Crippen molar-refractivity contribution in [1.82, 2.24) is 0 Å². The minimum atomic E-state index is -0.317. The molecule has 0 saturated heterocycles. The molecular formula is C11H18O3. The molecule has 14 heavy (non-hydrogen) atoms. The van der Waals surface area contributed by atoms with Crippen LogP contribution in [0.5, 0.6) is 0 Å². The van der Waals surface area contributed by atoms with Crippen molar-refractivity contribution in [2.24, 2.45) is 5.92 Å². The predicted molar refractivity (Wildman–Crippen MR) is 54.9 cm³/mol. The van der Waals surface area contributed by atoms with Crippen LogP contribution in [0.25, 0.3) is 0 Å². The molecule has 0 unspecified atom stereocenters. The summed E-state index contributed by atoms with van der Waals surface area (Å²) in [5, 5.41) is 0. The van der Waals surface area contributed by atoms with E-state index in [1.165, 1.54) is 6.08 Å². The van der Waals surface area contributed by atoms with Gasteiger partial charge in [-0.05, 0) is 26.2 Å². The van der Waals surface area contributed by atoms with Crippen molar-refractivity contribution < 1.29 is 14.3 Å². The van der Waals surface area contributed by atoms with Crippen LogP contribution in [0, 0.1) is 5.92 Å². The second-order valence-electron chi connectivity index (χ2n) is 3.33. The van der Waals surface area contributed by atoms with Crippen molar-refractivity contribution in [3.8, 4) is 0 Å². The first-order valence-corrected chi connectivity index (χ1v) is 4.90. The monoisotopic (exact) mass is 198 g/mol. The number of hydrogen-bond donors (Lipinski definition) is 0. The predicted octanol–water partition coefficient (Wildman–Crippen LogP) is 2.11. The van der Waals surface area contributed by atoms with Crippen LogP contribution in [0.15, 0.2) is 12.2 Å². The van der Waals surface area contributed by atoms with Gasteiger partial charge in [-0.1, -0.05) is 13.0 Å². The summed E-state index contributed by atoms with van der Waals surface area (Å²) < 4.78 is 4.73. The van der Waals surface area contributed by atoms with Gasteiger partial charge in [-0.25, -0.2) is 4.79 Å². The number of Topliss-reactive ketones (excluding diaryl/α,β-unsaturated/α-hetero) is 1. The van der Waals surface area contributed by atoms with E-state index < -0.39 is 0 Å². The Hall–Kier alpha value is -1.12. The van der Waals surface area contributed by atoms with Crippen LogP contribution in [0.1, 0.15) is 33.6 Å². The van der Waals surface area contributed by atoms with Crippen molar-refractivity contribution in [2.75, 3.05) is 6.61 Å². The quantitative estimate of drug-likeness (QED) is 0.485. The maximum absolute atomic E-state index is 10.9.